The SMILES string of the molecule is Cc1ccc(C(=O)CN(C)Cc2ccccn2)cc1C. The molecule has 0 unspecified atom stereocenters. The number of pyridine rings is 1. The predicted molar refractivity (Wildman–Crippen MR) is 80.8 cm³/mol. The third kappa shape index (κ3) is 3.75. The van der Waals surface area contributed by atoms with Crippen molar-refractivity contribution in [1.29, 1.82) is 0 Å². The fourth-order valence-corrected chi connectivity index (χ4v) is 2.08. The van der Waals surface area contributed by atoms with Gasteiger partial charge in [0.1, 0.15) is 0 Å². The van der Waals surface area contributed by atoms with E-state index in [2.05, 4.69) is 11.9 Å². The summed E-state index contributed by atoms with van der Waals surface area (Å²) < 4.78 is 0. The molecule has 0 aliphatic carbocycles. The summed E-state index contributed by atoms with van der Waals surface area (Å²) in [5.74, 6) is 0.145. The summed E-state index contributed by atoms with van der Waals surface area (Å²) in [6, 6.07) is 11.7. The van der Waals surface area contributed by atoms with Crippen molar-refractivity contribution < 1.29 is 4.79 Å². The lowest BCUT2D eigenvalue weighted by molar-refractivity contribution is 0.0942. The Morgan fingerprint density at radius 3 is 2.60 bits per heavy atom. The monoisotopic (exact) mass is 268 g/mol. The molecular weight excluding hydrogens is 248 g/mol. The van der Waals surface area contributed by atoms with Crippen LogP contribution in [0.15, 0.2) is 42.6 Å². The lowest BCUT2D eigenvalue weighted by Gasteiger charge is -2.15. The summed E-state index contributed by atoms with van der Waals surface area (Å²) in [7, 11) is 1.94. The number of hydrogen-bond donors (Lipinski definition) is 0. The fraction of sp³-hybridized carbons (Fsp3) is 0.294. The first-order valence-electron chi connectivity index (χ1n) is 6.75. The van der Waals surface area contributed by atoms with Crippen molar-refractivity contribution in [2.24, 2.45) is 0 Å². The zero-order valence-electron chi connectivity index (χ0n) is 12.3. The molecule has 1 aromatic carbocycles. The van der Waals surface area contributed by atoms with Gasteiger partial charge in [-0.3, -0.25) is 14.7 Å². The Morgan fingerprint density at radius 2 is 1.95 bits per heavy atom. The third-order valence-electron chi connectivity index (χ3n) is 3.40. The zero-order valence-corrected chi connectivity index (χ0v) is 12.3. The number of aryl methyl sites for hydroxylation is 2. The van der Waals surface area contributed by atoms with Crippen LogP contribution in [0.2, 0.25) is 0 Å². The van der Waals surface area contributed by atoms with Crippen molar-refractivity contribution >= 4 is 5.78 Å². The average Bonchev–Trinajstić information content (AvgIpc) is 2.42. The van der Waals surface area contributed by atoms with Gasteiger partial charge >= 0.3 is 0 Å². The van der Waals surface area contributed by atoms with Gasteiger partial charge in [-0.05, 0) is 50.2 Å². The number of benzene rings is 1. The highest BCUT2D eigenvalue weighted by atomic mass is 16.1. The molecule has 104 valence electrons. The van der Waals surface area contributed by atoms with Crippen molar-refractivity contribution in [3.63, 3.8) is 0 Å². The zero-order chi connectivity index (χ0) is 14.5. The third-order valence-corrected chi connectivity index (χ3v) is 3.40. The number of carbonyl (C=O) groups excluding carboxylic acids is 1. The van der Waals surface area contributed by atoms with Gasteiger partial charge in [-0.1, -0.05) is 18.2 Å². The molecule has 0 N–H and O–H groups in total. The second kappa shape index (κ2) is 6.44. The van der Waals surface area contributed by atoms with E-state index in [9.17, 15) is 4.79 Å². The van der Waals surface area contributed by atoms with Crippen molar-refractivity contribution in [3.05, 3.63) is 65.0 Å². The van der Waals surface area contributed by atoms with Crippen LogP contribution in [-0.4, -0.2) is 29.3 Å². The molecule has 0 spiro atoms. The van der Waals surface area contributed by atoms with E-state index in [1.165, 1.54) is 5.56 Å². The molecule has 2 rings (SSSR count). The van der Waals surface area contributed by atoms with E-state index in [0.29, 0.717) is 13.1 Å². The maximum atomic E-state index is 12.2. The summed E-state index contributed by atoms with van der Waals surface area (Å²) in [5, 5.41) is 0. The van der Waals surface area contributed by atoms with Gasteiger partial charge in [0.15, 0.2) is 5.78 Å². The van der Waals surface area contributed by atoms with Crippen molar-refractivity contribution in [3.8, 4) is 0 Å². The lowest BCUT2D eigenvalue weighted by Crippen LogP contribution is -2.26. The quantitative estimate of drug-likeness (QED) is 0.782. The molecule has 0 fully saturated rings. The smallest absolute Gasteiger partial charge is 0.176 e. The number of rotatable bonds is 5. The molecule has 0 amide bonds. The standard InChI is InChI=1S/C17H20N2O/c1-13-7-8-15(10-14(13)2)17(20)12-19(3)11-16-6-4-5-9-18-16/h4-10H,11-12H2,1-3H3. The molecule has 0 atom stereocenters. The van der Waals surface area contributed by atoms with E-state index in [-0.39, 0.29) is 5.78 Å². The summed E-state index contributed by atoms with van der Waals surface area (Å²) in [6.45, 7) is 5.16. The minimum Gasteiger partial charge on any atom is -0.293 e. The molecule has 0 aliphatic rings. The van der Waals surface area contributed by atoms with E-state index >= 15 is 0 Å². The van der Waals surface area contributed by atoms with Gasteiger partial charge in [0, 0.05) is 18.3 Å². The molecule has 3 nitrogen and oxygen atoms in total. The lowest BCUT2D eigenvalue weighted by atomic mass is 10.0. The molecule has 0 saturated heterocycles. The van der Waals surface area contributed by atoms with E-state index in [1.54, 1.807) is 6.20 Å². The van der Waals surface area contributed by atoms with Gasteiger partial charge in [-0.2, -0.15) is 0 Å². The van der Waals surface area contributed by atoms with Gasteiger partial charge in [-0.15, -0.1) is 0 Å². The summed E-state index contributed by atoms with van der Waals surface area (Å²) in [6.07, 6.45) is 1.77. The fourth-order valence-electron chi connectivity index (χ4n) is 2.08. The Labute approximate surface area is 120 Å². The minimum absolute atomic E-state index is 0.145. The Kier molecular flexibility index (Phi) is 4.64. The highest BCUT2D eigenvalue weighted by Crippen LogP contribution is 2.11. The molecule has 0 radical (unpaired) electrons. The second-order valence-electron chi connectivity index (χ2n) is 5.22. The Balaban J connectivity index is 1.98. The predicted octanol–water partition coefficient (Wildman–Crippen LogP) is 3.01. The van der Waals surface area contributed by atoms with Crippen LogP contribution in [0.5, 0.6) is 0 Å². The first-order valence-corrected chi connectivity index (χ1v) is 6.75. The normalized spacial score (nSPS) is 10.8. The molecule has 20 heavy (non-hydrogen) atoms. The van der Waals surface area contributed by atoms with Crippen molar-refractivity contribution in [1.82, 2.24) is 9.88 Å². The van der Waals surface area contributed by atoms with Crippen molar-refractivity contribution in [2.75, 3.05) is 13.6 Å². The van der Waals surface area contributed by atoms with Crippen molar-refractivity contribution in [2.45, 2.75) is 20.4 Å². The largest absolute Gasteiger partial charge is 0.293 e. The number of Topliss-reactive ketones (excluding diaryl/α,β-unsaturated/α-hetero) is 1. The molecule has 2 aromatic rings. The van der Waals surface area contributed by atoms with E-state index in [4.69, 9.17) is 0 Å². The minimum atomic E-state index is 0.145. The van der Waals surface area contributed by atoms with Crippen LogP contribution in [0.25, 0.3) is 0 Å². The maximum absolute atomic E-state index is 12.2. The Morgan fingerprint density at radius 1 is 1.15 bits per heavy atom. The average molecular weight is 268 g/mol. The highest BCUT2D eigenvalue weighted by molar-refractivity contribution is 5.97. The Bertz CT molecular complexity index is 593. The molecule has 0 saturated carbocycles. The van der Waals surface area contributed by atoms with Crippen LogP contribution in [0.1, 0.15) is 27.2 Å². The summed E-state index contributed by atoms with van der Waals surface area (Å²) in [5.41, 5.74) is 4.12. The van der Waals surface area contributed by atoms with Gasteiger partial charge in [0.25, 0.3) is 0 Å². The number of nitrogens with zero attached hydrogens (tertiary/aromatic N) is 2. The van der Waals surface area contributed by atoms with Crippen LogP contribution in [-0.2, 0) is 6.54 Å². The van der Waals surface area contributed by atoms with Gasteiger partial charge in [0.05, 0.1) is 12.2 Å². The molecule has 3 heteroatoms. The van der Waals surface area contributed by atoms with Crippen LogP contribution in [0, 0.1) is 13.8 Å². The topological polar surface area (TPSA) is 33.2 Å². The molecule has 0 bridgehead atoms. The Hall–Kier alpha value is -2.00. The molecule has 1 heterocycles. The number of hydrogen-bond acceptors (Lipinski definition) is 3. The van der Waals surface area contributed by atoms with Gasteiger partial charge in [0.2, 0.25) is 0 Å². The van der Waals surface area contributed by atoms with Crippen LogP contribution < -0.4 is 0 Å². The first-order chi connectivity index (χ1) is 9.56. The summed E-state index contributed by atoms with van der Waals surface area (Å²) in [4.78, 5) is 18.5. The first kappa shape index (κ1) is 14.4. The summed E-state index contributed by atoms with van der Waals surface area (Å²) >= 11 is 0. The molecule has 0 aliphatic heterocycles. The molecular formula is C17H20N2O. The van der Waals surface area contributed by atoms with Gasteiger partial charge < -0.3 is 0 Å². The number of carbonyl (C=O) groups is 1. The number of ketones is 1. The molecule has 1 aromatic heterocycles. The van der Waals surface area contributed by atoms with Crippen LogP contribution >= 0.6 is 0 Å². The highest BCUT2D eigenvalue weighted by Gasteiger charge is 2.10. The second-order valence-corrected chi connectivity index (χ2v) is 5.22. The van der Waals surface area contributed by atoms with Gasteiger partial charge in [-0.25, -0.2) is 0 Å². The number of likely N-dealkylation sites (N-methyl/N-ethyl adjacent to an activating group) is 1. The number of aromatic nitrogens is 1. The van der Waals surface area contributed by atoms with E-state index in [0.717, 1.165) is 16.8 Å². The van der Waals surface area contributed by atoms with Crippen LogP contribution in [0.3, 0.4) is 0 Å². The van der Waals surface area contributed by atoms with E-state index < -0.39 is 0 Å². The maximum Gasteiger partial charge on any atom is 0.176 e. The van der Waals surface area contributed by atoms with Crippen LogP contribution in [0.4, 0.5) is 0 Å². The van der Waals surface area contributed by atoms with E-state index in [1.807, 2.05) is 55.3 Å².